The summed E-state index contributed by atoms with van der Waals surface area (Å²) in [5.41, 5.74) is 0.947. The van der Waals surface area contributed by atoms with Crippen LogP contribution in [0.15, 0.2) is 24.3 Å². The molecule has 0 aliphatic heterocycles. The number of amides is 1. The van der Waals surface area contributed by atoms with Gasteiger partial charge in [0.15, 0.2) is 8.32 Å². The van der Waals surface area contributed by atoms with Crippen molar-refractivity contribution in [2.24, 2.45) is 0 Å². The van der Waals surface area contributed by atoms with E-state index in [2.05, 4.69) is 33.9 Å². The van der Waals surface area contributed by atoms with E-state index in [9.17, 15) is 4.79 Å². The van der Waals surface area contributed by atoms with E-state index in [0.29, 0.717) is 11.6 Å². The first-order chi connectivity index (χ1) is 9.94. The van der Waals surface area contributed by atoms with Gasteiger partial charge in [0, 0.05) is 12.1 Å². The largest absolute Gasteiger partial charge is 0.465 e. The molecule has 124 valence electrons. The first kappa shape index (κ1) is 19.0. The highest BCUT2D eigenvalue weighted by atomic mass is 35.5. The van der Waals surface area contributed by atoms with Crippen molar-refractivity contribution in [3.8, 4) is 0 Å². The summed E-state index contributed by atoms with van der Waals surface area (Å²) in [7, 11) is -0.463. The van der Waals surface area contributed by atoms with Crippen molar-refractivity contribution in [2.45, 2.75) is 45.0 Å². The minimum atomic E-state index is -2.02. The van der Waals surface area contributed by atoms with Gasteiger partial charge >= 0.3 is 6.09 Å². The summed E-state index contributed by atoms with van der Waals surface area (Å²) in [6.45, 7) is 11.1. The van der Waals surface area contributed by atoms with Crippen LogP contribution in [0.25, 0.3) is 0 Å². The molecule has 22 heavy (non-hydrogen) atoms. The number of hydrogen-bond donors (Lipinski definition) is 1. The van der Waals surface area contributed by atoms with Crippen molar-refractivity contribution >= 4 is 26.0 Å². The molecule has 0 aliphatic rings. The molecular formula is C16H26ClNO3Si. The Kier molecular flexibility index (Phi) is 6.07. The number of carbonyl (C=O) groups is 1. The summed E-state index contributed by atoms with van der Waals surface area (Å²) in [6, 6.07) is 7.41. The standard InChI is InChI=1S/C16H26ClNO3Si/c1-16(2,3)22(5,6)21-14(11-18(4)15(19)20)12-7-9-13(17)10-8-12/h7-10,14H,11H2,1-6H3,(H,19,20)/t14-/m0/s1. The van der Waals surface area contributed by atoms with Crippen molar-refractivity contribution in [1.82, 2.24) is 4.90 Å². The lowest BCUT2D eigenvalue weighted by Crippen LogP contribution is -2.44. The highest BCUT2D eigenvalue weighted by Crippen LogP contribution is 2.40. The number of likely N-dealkylation sites (N-methyl/N-ethyl adjacent to an activating group) is 1. The fourth-order valence-corrected chi connectivity index (χ4v) is 3.15. The topological polar surface area (TPSA) is 49.8 Å². The number of rotatable bonds is 5. The van der Waals surface area contributed by atoms with Gasteiger partial charge in [0.05, 0.1) is 12.6 Å². The van der Waals surface area contributed by atoms with Crippen molar-refractivity contribution in [1.29, 1.82) is 0 Å². The van der Waals surface area contributed by atoms with Gasteiger partial charge in [0.25, 0.3) is 0 Å². The Morgan fingerprint density at radius 3 is 2.23 bits per heavy atom. The van der Waals surface area contributed by atoms with Crippen LogP contribution >= 0.6 is 11.6 Å². The van der Waals surface area contributed by atoms with Crippen LogP contribution < -0.4 is 0 Å². The molecule has 1 rings (SSSR count). The van der Waals surface area contributed by atoms with Crippen LogP contribution in [-0.4, -0.2) is 38.0 Å². The Labute approximate surface area is 139 Å². The Bertz CT molecular complexity index is 511. The molecule has 0 bridgehead atoms. The molecule has 1 N–H and O–H groups in total. The van der Waals surface area contributed by atoms with E-state index in [0.717, 1.165) is 5.56 Å². The van der Waals surface area contributed by atoms with E-state index in [1.807, 2.05) is 12.1 Å². The fourth-order valence-electron chi connectivity index (χ4n) is 1.75. The normalized spacial score (nSPS) is 13.8. The van der Waals surface area contributed by atoms with E-state index in [4.69, 9.17) is 21.1 Å². The zero-order valence-electron chi connectivity index (χ0n) is 14.2. The summed E-state index contributed by atoms with van der Waals surface area (Å²) >= 11 is 5.94. The second-order valence-electron chi connectivity index (χ2n) is 7.08. The molecule has 4 nitrogen and oxygen atoms in total. The molecule has 0 fully saturated rings. The second-order valence-corrected chi connectivity index (χ2v) is 12.3. The molecule has 1 aromatic carbocycles. The smallest absolute Gasteiger partial charge is 0.407 e. The zero-order valence-corrected chi connectivity index (χ0v) is 15.9. The third-order valence-electron chi connectivity index (χ3n) is 4.25. The SMILES string of the molecule is CN(C[C@H](O[Si](C)(C)C(C)(C)C)c1ccc(Cl)cc1)C(=O)O. The first-order valence-corrected chi connectivity index (χ1v) is 10.6. The van der Waals surface area contributed by atoms with Gasteiger partial charge < -0.3 is 14.4 Å². The lowest BCUT2D eigenvalue weighted by atomic mass is 10.1. The Balaban J connectivity index is 3.06. The van der Waals surface area contributed by atoms with Gasteiger partial charge in [-0.15, -0.1) is 0 Å². The van der Waals surface area contributed by atoms with E-state index in [1.54, 1.807) is 19.2 Å². The van der Waals surface area contributed by atoms with Crippen molar-refractivity contribution in [3.63, 3.8) is 0 Å². The third kappa shape index (κ3) is 5.00. The molecule has 0 spiro atoms. The molecular weight excluding hydrogens is 318 g/mol. The highest BCUT2D eigenvalue weighted by Gasteiger charge is 2.39. The molecule has 0 saturated carbocycles. The van der Waals surface area contributed by atoms with Gasteiger partial charge in [-0.1, -0.05) is 44.5 Å². The third-order valence-corrected chi connectivity index (χ3v) is 8.99. The number of carboxylic acid groups (broad SMARTS) is 1. The maximum atomic E-state index is 11.1. The molecule has 0 aromatic heterocycles. The quantitative estimate of drug-likeness (QED) is 0.764. The first-order valence-electron chi connectivity index (χ1n) is 7.31. The number of halogens is 1. The van der Waals surface area contributed by atoms with Gasteiger partial charge in [-0.05, 0) is 35.8 Å². The fraction of sp³-hybridized carbons (Fsp3) is 0.562. The van der Waals surface area contributed by atoms with E-state index < -0.39 is 14.4 Å². The van der Waals surface area contributed by atoms with Crippen LogP contribution in [0.2, 0.25) is 23.2 Å². The van der Waals surface area contributed by atoms with E-state index in [1.165, 1.54) is 4.90 Å². The summed E-state index contributed by atoms with van der Waals surface area (Å²) in [6.07, 6.45) is -1.25. The molecule has 0 heterocycles. The zero-order chi connectivity index (χ0) is 17.1. The van der Waals surface area contributed by atoms with Crippen molar-refractivity contribution in [3.05, 3.63) is 34.9 Å². The Hall–Kier alpha value is -1.04. The van der Waals surface area contributed by atoms with Gasteiger partial charge in [-0.2, -0.15) is 0 Å². The number of benzene rings is 1. The molecule has 0 saturated heterocycles. The van der Waals surface area contributed by atoms with Gasteiger partial charge in [-0.3, -0.25) is 0 Å². The van der Waals surface area contributed by atoms with Crippen LogP contribution in [0.3, 0.4) is 0 Å². The van der Waals surface area contributed by atoms with Crippen LogP contribution in [-0.2, 0) is 4.43 Å². The molecule has 0 unspecified atom stereocenters. The molecule has 1 amide bonds. The average molecular weight is 344 g/mol. The van der Waals surface area contributed by atoms with Gasteiger partial charge in [-0.25, -0.2) is 4.79 Å². The van der Waals surface area contributed by atoms with Gasteiger partial charge in [0.2, 0.25) is 0 Å². The number of nitrogens with zero attached hydrogens (tertiary/aromatic N) is 1. The molecule has 6 heteroatoms. The maximum absolute atomic E-state index is 11.1. The van der Waals surface area contributed by atoms with Gasteiger partial charge in [0.1, 0.15) is 0 Å². The monoisotopic (exact) mass is 343 g/mol. The highest BCUT2D eigenvalue weighted by molar-refractivity contribution is 6.74. The summed E-state index contributed by atoms with van der Waals surface area (Å²) in [4.78, 5) is 12.4. The van der Waals surface area contributed by atoms with Crippen LogP contribution in [0.5, 0.6) is 0 Å². The van der Waals surface area contributed by atoms with Crippen LogP contribution in [0.1, 0.15) is 32.4 Å². The molecule has 1 atom stereocenters. The second kappa shape index (κ2) is 7.02. The molecule has 1 aromatic rings. The minimum absolute atomic E-state index is 0.0550. The van der Waals surface area contributed by atoms with E-state index >= 15 is 0 Å². The maximum Gasteiger partial charge on any atom is 0.407 e. The predicted molar refractivity (Wildman–Crippen MR) is 93.1 cm³/mol. The average Bonchev–Trinajstić information content (AvgIpc) is 2.37. The number of hydrogen-bond acceptors (Lipinski definition) is 2. The summed E-state index contributed by atoms with van der Waals surface area (Å²) in [5, 5.41) is 9.85. The van der Waals surface area contributed by atoms with Crippen LogP contribution in [0, 0.1) is 0 Å². The van der Waals surface area contributed by atoms with Crippen molar-refractivity contribution < 1.29 is 14.3 Å². The predicted octanol–water partition coefficient (Wildman–Crippen LogP) is 5.01. The van der Waals surface area contributed by atoms with Crippen LogP contribution in [0.4, 0.5) is 4.79 Å². The molecule has 0 radical (unpaired) electrons. The summed E-state index contributed by atoms with van der Waals surface area (Å²) < 4.78 is 6.44. The molecule has 0 aliphatic carbocycles. The summed E-state index contributed by atoms with van der Waals surface area (Å²) in [5.74, 6) is 0. The minimum Gasteiger partial charge on any atom is -0.465 e. The lowest BCUT2D eigenvalue weighted by molar-refractivity contribution is 0.113. The Morgan fingerprint density at radius 1 is 1.32 bits per heavy atom. The lowest BCUT2D eigenvalue weighted by Gasteiger charge is -2.40. The van der Waals surface area contributed by atoms with Crippen molar-refractivity contribution in [2.75, 3.05) is 13.6 Å². The Morgan fingerprint density at radius 2 is 1.82 bits per heavy atom. The van der Waals surface area contributed by atoms with E-state index in [-0.39, 0.29) is 11.1 Å².